The second-order valence-corrected chi connectivity index (χ2v) is 3.63. The maximum atomic E-state index is 9.67. The van der Waals surface area contributed by atoms with Crippen molar-refractivity contribution in [3.05, 3.63) is 28.8 Å². The third-order valence-corrected chi connectivity index (χ3v) is 2.66. The van der Waals surface area contributed by atoms with Crippen LogP contribution in [0.5, 0.6) is 5.75 Å². The molecule has 0 unspecified atom stereocenters. The van der Waals surface area contributed by atoms with Crippen LogP contribution in [-0.4, -0.2) is 12.2 Å². The van der Waals surface area contributed by atoms with Gasteiger partial charge >= 0.3 is 0 Å². The van der Waals surface area contributed by atoms with Gasteiger partial charge in [-0.05, 0) is 43.5 Å². The minimum Gasteiger partial charge on any atom is -0.508 e. The SMILES string of the molecule is CNCc1cc2c(cc1O)CCC2. The van der Waals surface area contributed by atoms with Crippen LogP contribution < -0.4 is 5.32 Å². The number of benzene rings is 1. The molecule has 1 aliphatic rings. The molecule has 0 saturated heterocycles. The highest BCUT2D eigenvalue weighted by atomic mass is 16.3. The Morgan fingerprint density at radius 3 is 2.69 bits per heavy atom. The monoisotopic (exact) mass is 177 g/mol. The van der Waals surface area contributed by atoms with Crippen molar-refractivity contribution in [2.45, 2.75) is 25.8 Å². The Morgan fingerprint density at radius 2 is 2.00 bits per heavy atom. The lowest BCUT2D eigenvalue weighted by Gasteiger charge is -2.07. The van der Waals surface area contributed by atoms with Gasteiger partial charge in [-0.3, -0.25) is 0 Å². The summed E-state index contributed by atoms with van der Waals surface area (Å²) in [5, 5.41) is 12.7. The average Bonchev–Trinajstić information content (AvgIpc) is 2.52. The van der Waals surface area contributed by atoms with Crippen molar-refractivity contribution in [3.8, 4) is 5.75 Å². The summed E-state index contributed by atoms with van der Waals surface area (Å²) < 4.78 is 0. The van der Waals surface area contributed by atoms with Crippen molar-refractivity contribution in [1.82, 2.24) is 5.32 Å². The number of nitrogens with one attached hydrogen (secondary N) is 1. The van der Waals surface area contributed by atoms with Crippen molar-refractivity contribution < 1.29 is 5.11 Å². The van der Waals surface area contributed by atoms with Gasteiger partial charge < -0.3 is 10.4 Å². The largest absolute Gasteiger partial charge is 0.508 e. The molecule has 1 aromatic rings. The lowest BCUT2D eigenvalue weighted by atomic mass is 10.1. The molecule has 0 heterocycles. The van der Waals surface area contributed by atoms with Crippen LogP contribution in [0.4, 0.5) is 0 Å². The first-order valence-electron chi connectivity index (χ1n) is 4.79. The average molecular weight is 177 g/mol. The Kier molecular flexibility index (Phi) is 2.23. The first kappa shape index (κ1) is 8.57. The Bertz CT molecular complexity index is 320. The molecule has 0 bridgehead atoms. The van der Waals surface area contributed by atoms with Crippen LogP contribution in [0.25, 0.3) is 0 Å². The smallest absolute Gasteiger partial charge is 0.120 e. The summed E-state index contributed by atoms with van der Waals surface area (Å²) >= 11 is 0. The molecule has 2 N–H and O–H groups in total. The summed E-state index contributed by atoms with van der Waals surface area (Å²) in [7, 11) is 1.90. The van der Waals surface area contributed by atoms with Crippen molar-refractivity contribution in [1.29, 1.82) is 0 Å². The van der Waals surface area contributed by atoms with Crippen LogP contribution >= 0.6 is 0 Å². The van der Waals surface area contributed by atoms with E-state index in [4.69, 9.17) is 0 Å². The lowest BCUT2D eigenvalue weighted by molar-refractivity contribution is 0.465. The van der Waals surface area contributed by atoms with E-state index >= 15 is 0 Å². The fourth-order valence-corrected chi connectivity index (χ4v) is 1.99. The summed E-state index contributed by atoms with van der Waals surface area (Å²) in [6.07, 6.45) is 3.53. The fourth-order valence-electron chi connectivity index (χ4n) is 1.99. The van der Waals surface area contributed by atoms with Crippen molar-refractivity contribution in [2.24, 2.45) is 0 Å². The van der Waals surface area contributed by atoms with Gasteiger partial charge in [-0.25, -0.2) is 0 Å². The van der Waals surface area contributed by atoms with Crippen molar-refractivity contribution >= 4 is 0 Å². The summed E-state index contributed by atoms with van der Waals surface area (Å²) in [6.45, 7) is 0.749. The predicted molar refractivity (Wildman–Crippen MR) is 52.9 cm³/mol. The van der Waals surface area contributed by atoms with Gasteiger partial charge in [0.25, 0.3) is 0 Å². The van der Waals surface area contributed by atoms with E-state index in [0.29, 0.717) is 5.75 Å². The number of phenolic OH excluding ortho intramolecular Hbond substituents is 1. The van der Waals surface area contributed by atoms with E-state index in [0.717, 1.165) is 18.5 Å². The van der Waals surface area contributed by atoms with Crippen LogP contribution in [0.3, 0.4) is 0 Å². The molecule has 0 spiro atoms. The zero-order valence-electron chi connectivity index (χ0n) is 7.93. The predicted octanol–water partition coefficient (Wildman–Crippen LogP) is 1.60. The van der Waals surface area contributed by atoms with E-state index in [2.05, 4.69) is 11.4 Å². The molecule has 13 heavy (non-hydrogen) atoms. The van der Waals surface area contributed by atoms with Crippen LogP contribution in [-0.2, 0) is 19.4 Å². The van der Waals surface area contributed by atoms with Crippen molar-refractivity contribution in [3.63, 3.8) is 0 Å². The highest BCUT2D eigenvalue weighted by Gasteiger charge is 2.13. The second-order valence-electron chi connectivity index (χ2n) is 3.63. The molecule has 0 atom stereocenters. The van der Waals surface area contributed by atoms with Gasteiger partial charge in [-0.15, -0.1) is 0 Å². The molecule has 0 radical (unpaired) electrons. The van der Waals surface area contributed by atoms with E-state index in [9.17, 15) is 5.11 Å². The Balaban J connectivity index is 2.37. The van der Waals surface area contributed by atoms with Gasteiger partial charge in [-0.2, -0.15) is 0 Å². The summed E-state index contributed by atoms with van der Waals surface area (Å²) in [5.41, 5.74) is 3.77. The standard InChI is InChI=1S/C11H15NO/c1-12-7-10-5-8-3-2-4-9(8)6-11(10)13/h5-6,12-13H,2-4,7H2,1H3. The summed E-state index contributed by atoms with van der Waals surface area (Å²) in [6, 6.07) is 4.06. The van der Waals surface area contributed by atoms with Crippen LogP contribution in [0.15, 0.2) is 12.1 Å². The van der Waals surface area contributed by atoms with E-state index in [1.165, 1.54) is 24.0 Å². The summed E-state index contributed by atoms with van der Waals surface area (Å²) in [5.74, 6) is 0.440. The molecule has 0 aliphatic heterocycles. The molecule has 2 nitrogen and oxygen atoms in total. The highest BCUT2D eigenvalue weighted by Crippen LogP contribution is 2.28. The Morgan fingerprint density at radius 1 is 1.31 bits per heavy atom. The lowest BCUT2D eigenvalue weighted by Crippen LogP contribution is -2.05. The molecule has 0 aromatic heterocycles. The molecule has 0 fully saturated rings. The van der Waals surface area contributed by atoms with E-state index in [-0.39, 0.29) is 0 Å². The number of phenols is 1. The van der Waals surface area contributed by atoms with Crippen LogP contribution in [0.1, 0.15) is 23.1 Å². The van der Waals surface area contributed by atoms with Gasteiger partial charge in [-0.1, -0.05) is 6.07 Å². The minimum absolute atomic E-state index is 0.440. The number of fused-ring (bicyclic) bond motifs is 1. The van der Waals surface area contributed by atoms with Gasteiger partial charge in [0.1, 0.15) is 5.75 Å². The van der Waals surface area contributed by atoms with Crippen LogP contribution in [0.2, 0.25) is 0 Å². The van der Waals surface area contributed by atoms with Gasteiger partial charge in [0.2, 0.25) is 0 Å². The molecular formula is C11H15NO. The zero-order chi connectivity index (χ0) is 9.26. The second kappa shape index (κ2) is 3.38. The maximum Gasteiger partial charge on any atom is 0.120 e. The maximum absolute atomic E-state index is 9.67. The molecule has 70 valence electrons. The van der Waals surface area contributed by atoms with Gasteiger partial charge in [0, 0.05) is 12.1 Å². The van der Waals surface area contributed by atoms with Gasteiger partial charge in [0.05, 0.1) is 0 Å². The first-order chi connectivity index (χ1) is 6.31. The third-order valence-electron chi connectivity index (χ3n) is 2.66. The number of aromatic hydroxyl groups is 1. The normalized spacial score (nSPS) is 14.5. The number of hydrogen-bond donors (Lipinski definition) is 2. The number of hydrogen-bond acceptors (Lipinski definition) is 2. The number of rotatable bonds is 2. The van der Waals surface area contributed by atoms with Crippen molar-refractivity contribution in [2.75, 3.05) is 7.05 Å². The molecule has 2 rings (SSSR count). The summed E-state index contributed by atoms with van der Waals surface area (Å²) in [4.78, 5) is 0. The third kappa shape index (κ3) is 1.54. The van der Waals surface area contributed by atoms with Crippen LogP contribution in [0, 0.1) is 0 Å². The van der Waals surface area contributed by atoms with E-state index < -0.39 is 0 Å². The molecule has 0 saturated carbocycles. The fraction of sp³-hybridized carbons (Fsp3) is 0.455. The molecule has 1 aliphatic carbocycles. The minimum atomic E-state index is 0.440. The molecule has 1 aromatic carbocycles. The molecule has 2 heteroatoms. The van der Waals surface area contributed by atoms with E-state index in [1.54, 1.807) is 0 Å². The topological polar surface area (TPSA) is 32.3 Å². The Hall–Kier alpha value is -1.02. The molecule has 0 amide bonds. The first-order valence-corrected chi connectivity index (χ1v) is 4.79. The number of aryl methyl sites for hydroxylation is 2. The van der Waals surface area contributed by atoms with E-state index in [1.807, 2.05) is 13.1 Å². The Labute approximate surface area is 78.6 Å². The molecular weight excluding hydrogens is 162 g/mol. The highest BCUT2D eigenvalue weighted by molar-refractivity contribution is 5.43. The zero-order valence-corrected chi connectivity index (χ0v) is 7.93. The quantitative estimate of drug-likeness (QED) is 0.719. The van der Waals surface area contributed by atoms with Gasteiger partial charge in [0.15, 0.2) is 0 Å².